The molecule has 0 unspecified atom stereocenters. The zero-order valence-corrected chi connectivity index (χ0v) is 12.4. The lowest BCUT2D eigenvalue weighted by Gasteiger charge is -2.23. The zero-order chi connectivity index (χ0) is 13.8. The van der Waals surface area contributed by atoms with Crippen LogP contribution in [0, 0.1) is 0 Å². The van der Waals surface area contributed by atoms with Gasteiger partial charge in [0.1, 0.15) is 6.54 Å². The molecule has 0 saturated carbocycles. The fourth-order valence-corrected chi connectivity index (χ4v) is 3.26. The monoisotopic (exact) mass is 340 g/mol. The molecule has 2 rings (SSSR count). The van der Waals surface area contributed by atoms with Crippen LogP contribution in [0.1, 0.15) is 4.88 Å². The molecule has 0 amide bonds. The summed E-state index contributed by atoms with van der Waals surface area (Å²) in [4.78, 5) is 13.8. The molecule has 0 bridgehead atoms. The number of rotatable bonds is 5. The summed E-state index contributed by atoms with van der Waals surface area (Å²) in [6, 6.07) is 9.28. The number of carboxylic acids is 1. The number of benzene rings is 1. The van der Waals surface area contributed by atoms with Crippen molar-refractivity contribution in [1.82, 2.24) is 0 Å². The van der Waals surface area contributed by atoms with Crippen molar-refractivity contribution in [1.29, 1.82) is 0 Å². The molecule has 0 saturated heterocycles. The molecule has 19 heavy (non-hydrogen) atoms. The van der Waals surface area contributed by atoms with E-state index in [-0.39, 0.29) is 6.54 Å². The number of nitrogens with zero attached hydrogens (tertiary/aromatic N) is 1. The number of nitrogens with two attached hydrogens (primary N) is 1. The Labute approximate surface area is 123 Å². The standard InChI is InChI=1S/C13H13BrN2O2S/c14-9-5-10(19-8-9)6-16(7-13(17)18)12-4-2-1-3-11(12)15/h1-5,8H,6-7,15H2,(H,17,18). The number of nitrogen functional groups attached to an aromatic ring is 1. The lowest BCUT2D eigenvalue weighted by atomic mass is 10.2. The topological polar surface area (TPSA) is 66.6 Å². The average Bonchev–Trinajstić information content (AvgIpc) is 2.74. The Morgan fingerprint density at radius 3 is 2.74 bits per heavy atom. The molecule has 2 aromatic rings. The predicted molar refractivity (Wildman–Crippen MR) is 81.6 cm³/mol. The highest BCUT2D eigenvalue weighted by molar-refractivity contribution is 9.10. The van der Waals surface area contributed by atoms with E-state index >= 15 is 0 Å². The van der Waals surface area contributed by atoms with E-state index in [9.17, 15) is 4.79 Å². The highest BCUT2D eigenvalue weighted by atomic mass is 79.9. The van der Waals surface area contributed by atoms with Crippen LogP contribution < -0.4 is 10.6 Å². The number of thiophene rings is 1. The van der Waals surface area contributed by atoms with Crippen LogP contribution >= 0.6 is 27.3 Å². The van der Waals surface area contributed by atoms with E-state index < -0.39 is 5.97 Å². The van der Waals surface area contributed by atoms with E-state index in [0.717, 1.165) is 15.0 Å². The summed E-state index contributed by atoms with van der Waals surface area (Å²) in [5.41, 5.74) is 7.24. The van der Waals surface area contributed by atoms with Crippen LogP contribution in [0.5, 0.6) is 0 Å². The number of anilines is 2. The van der Waals surface area contributed by atoms with Crippen molar-refractivity contribution in [2.24, 2.45) is 0 Å². The Balaban J connectivity index is 2.26. The Bertz CT molecular complexity index is 586. The summed E-state index contributed by atoms with van der Waals surface area (Å²) in [6.45, 7) is 0.445. The van der Waals surface area contributed by atoms with Gasteiger partial charge in [0.25, 0.3) is 0 Å². The Hall–Kier alpha value is -1.53. The van der Waals surface area contributed by atoms with Gasteiger partial charge in [0.05, 0.1) is 17.9 Å². The van der Waals surface area contributed by atoms with Gasteiger partial charge in [0.15, 0.2) is 0 Å². The van der Waals surface area contributed by atoms with Crippen LogP contribution in [-0.4, -0.2) is 17.6 Å². The van der Waals surface area contributed by atoms with E-state index in [1.807, 2.05) is 29.6 Å². The Morgan fingerprint density at radius 2 is 2.16 bits per heavy atom. The van der Waals surface area contributed by atoms with E-state index in [4.69, 9.17) is 10.8 Å². The molecule has 3 N–H and O–H groups in total. The van der Waals surface area contributed by atoms with Crippen LogP contribution in [0.25, 0.3) is 0 Å². The maximum Gasteiger partial charge on any atom is 0.323 e. The summed E-state index contributed by atoms with van der Waals surface area (Å²) in [7, 11) is 0. The summed E-state index contributed by atoms with van der Waals surface area (Å²) in [6.07, 6.45) is 0. The quantitative estimate of drug-likeness (QED) is 0.820. The molecule has 1 aromatic heterocycles. The minimum Gasteiger partial charge on any atom is -0.480 e. The second-order valence-corrected chi connectivity index (χ2v) is 5.95. The molecule has 0 aliphatic heterocycles. The second kappa shape index (κ2) is 6.08. The van der Waals surface area contributed by atoms with Crippen molar-refractivity contribution in [2.45, 2.75) is 6.54 Å². The van der Waals surface area contributed by atoms with Gasteiger partial charge in [-0.3, -0.25) is 4.79 Å². The maximum absolute atomic E-state index is 11.0. The highest BCUT2D eigenvalue weighted by Crippen LogP contribution is 2.27. The maximum atomic E-state index is 11.0. The van der Waals surface area contributed by atoms with E-state index in [2.05, 4.69) is 15.9 Å². The third-order valence-corrected chi connectivity index (χ3v) is 4.25. The minimum atomic E-state index is -0.876. The lowest BCUT2D eigenvalue weighted by Crippen LogP contribution is -2.29. The summed E-state index contributed by atoms with van der Waals surface area (Å²) in [5.74, 6) is -0.876. The van der Waals surface area contributed by atoms with Gasteiger partial charge in [-0.25, -0.2) is 0 Å². The summed E-state index contributed by atoms with van der Waals surface area (Å²) >= 11 is 4.98. The van der Waals surface area contributed by atoms with Gasteiger partial charge in [-0.15, -0.1) is 11.3 Å². The van der Waals surface area contributed by atoms with Crippen LogP contribution in [-0.2, 0) is 11.3 Å². The van der Waals surface area contributed by atoms with Crippen molar-refractivity contribution in [2.75, 3.05) is 17.2 Å². The lowest BCUT2D eigenvalue weighted by molar-refractivity contribution is -0.135. The van der Waals surface area contributed by atoms with Crippen molar-refractivity contribution in [3.8, 4) is 0 Å². The third kappa shape index (κ3) is 3.71. The molecule has 0 fully saturated rings. The van der Waals surface area contributed by atoms with E-state index in [0.29, 0.717) is 12.2 Å². The molecule has 6 heteroatoms. The first-order chi connectivity index (χ1) is 9.06. The van der Waals surface area contributed by atoms with Crippen molar-refractivity contribution in [3.63, 3.8) is 0 Å². The number of hydrogen-bond acceptors (Lipinski definition) is 4. The van der Waals surface area contributed by atoms with E-state index in [1.165, 1.54) is 0 Å². The molecule has 1 heterocycles. The van der Waals surface area contributed by atoms with Crippen molar-refractivity contribution in [3.05, 3.63) is 45.1 Å². The fraction of sp³-hybridized carbons (Fsp3) is 0.154. The molecule has 100 valence electrons. The van der Waals surface area contributed by atoms with Crippen LogP contribution in [0.15, 0.2) is 40.2 Å². The third-order valence-electron chi connectivity index (χ3n) is 2.57. The molecule has 0 aliphatic carbocycles. The molecule has 0 radical (unpaired) electrons. The van der Waals surface area contributed by atoms with Gasteiger partial charge >= 0.3 is 5.97 Å². The number of halogens is 1. The number of carboxylic acid groups (broad SMARTS) is 1. The molecular formula is C13H13BrN2O2S. The van der Waals surface area contributed by atoms with Gasteiger partial charge < -0.3 is 15.7 Å². The van der Waals surface area contributed by atoms with Crippen LogP contribution in [0.4, 0.5) is 11.4 Å². The number of aliphatic carboxylic acids is 1. The van der Waals surface area contributed by atoms with Crippen molar-refractivity contribution < 1.29 is 9.90 Å². The number of para-hydroxylation sites is 2. The summed E-state index contributed by atoms with van der Waals surface area (Å²) < 4.78 is 1.00. The van der Waals surface area contributed by atoms with Gasteiger partial charge in [-0.1, -0.05) is 12.1 Å². The summed E-state index contributed by atoms with van der Waals surface area (Å²) in [5, 5.41) is 11.0. The van der Waals surface area contributed by atoms with Crippen LogP contribution in [0.2, 0.25) is 0 Å². The molecule has 0 atom stereocenters. The van der Waals surface area contributed by atoms with Gasteiger partial charge in [-0.05, 0) is 34.1 Å². The first kappa shape index (κ1) is 13.9. The van der Waals surface area contributed by atoms with E-state index in [1.54, 1.807) is 22.3 Å². The number of hydrogen-bond donors (Lipinski definition) is 2. The molecule has 0 spiro atoms. The largest absolute Gasteiger partial charge is 0.480 e. The first-order valence-corrected chi connectivity index (χ1v) is 7.27. The minimum absolute atomic E-state index is 0.0796. The fourth-order valence-electron chi connectivity index (χ4n) is 1.79. The Morgan fingerprint density at radius 1 is 1.42 bits per heavy atom. The molecule has 0 aliphatic rings. The number of carbonyl (C=O) groups is 1. The SMILES string of the molecule is Nc1ccccc1N(CC(=O)O)Cc1cc(Br)cs1. The predicted octanol–water partition coefficient (Wildman–Crippen LogP) is 3.18. The van der Waals surface area contributed by atoms with Gasteiger partial charge in [0, 0.05) is 14.7 Å². The smallest absolute Gasteiger partial charge is 0.323 e. The highest BCUT2D eigenvalue weighted by Gasteiger charge is 2.14. The molecule has 1 aromatic carbocycles. The second-order valence-electron chi connectivity index (χ2n) is 4.04. The van der Waals surface area contributed by atoms with Gasteiger partial charge in [-0.2, -0.15) is 0 Å². The van der Waals surface area contributed by atoms with Gasteiger partial charge in [0.2, 0.25) is 0 Å². The van der Waals surface area contributed by atoms with Crippen LogP contribution in [0.3, 0.4) is 0 Å². The molecular weight excluding hydrogens is 328 g/mol. The van der Waals surface area contributed by atoms with Crippen molar-refractivity contribution >= 4 is 44.6 Å². The average molecular weight is 341 g/mol. The Kier molecular flexibility index (Phi) is 4.44. The first-order valence-electron chi connectivity index (χ1n) is 5.60. The molecule has 4 nitrogen and oxygen atoms in total. The zero-order valence-electron chi connectivity index (χ0n) is 10.0. The normalized spacial score (nSPS) is 10.4.